The molecule has 0 unspecified atom stereocenters. The average Bonchev–Trinajstić information content (AvgIpc) is 2.60. The topological polar surface area (TPSA) is 44.8 Å². The van der Waals surface area contributed by atoms with Crippen LogP contribution < -0.4 is 9.47 Å². The molecule has 0 fully saturated rings. The fourth-order valence-corrected chi connectivity index (χ4v) is 2.90. The van der Waals surface area contributed by atoms with Crippen molar-refractivity contribution in [2.24, 2.45) is 0 Å². The Labute approximate surface area is 143 Å². The molecular weight excluding hydrogens is 336 g/mol. The first-order valence-corrected chi connectivity index (χ1v) is 8.67. The molecule has 4 nitrogen and oxygen atoms in total. The maximum Gasteiger partial charge on any atom is 0.338 e. The third-order valence-electron chi connectivity index (χ3n) is 3.35. The minimum absolute atomic E-state index is 0.124. The number of carbonyl (C=O) groups is 1. The number of esters is 1. The van der Waals surface area contributed by atoms with E-state index in [4.69, 9.17) is 25.8 Å². The third-order valence-corrected chi connectivity index (χ3v) is 4.38. The molecule has 0 radical (unpaired) electrons. The normalized spacial score (nSPS) is 12.8. The molecule has 3 rings (SSSR count). The van der Waals surface area contributed by atoms with Crippen molar-refractivity contribution < 1.29 is 19.0 Å². The van der Waals surface area contributed by atoms with Crippen molar-refractivity contribution >= 4 is 29.3 Å². The molecule has 0 aromatic heterocycles. The summed E-state index contributed by atoms with van der Waals surface area (Å²) in [5.74, 6) is 0.753. The second-order valence-corrected chi connectivity index (χ2v) is 6.19. The van der Waals surface area contributed by atoms with Crippen molar-refractivity contribution in [3.63, 3.8) is 0 Å². The van der Waals surface area contributed by atoms with E-state index in [1.165, 1.54) is 0 Å². The van der Waals surface area contributed by atoms with Gasteiger partial charge in [-0.2, -0.15) is 0 Å². The Morgan fingerprint density at radius 2 is 1.96 bits per heavy atom. The molecule has 2 aromatic carbocycles. The Bertz CT molecular complexity index is 715. The number of halogens is 1. The zero-order chi connectivity index (χ0) is 16.2. The van der Waals surface area contributed by atoms with E-state index in [1.54, 1.807) is 36.0 Å². The van der Waals surface area contributed by atoms with E-state index >= 15 is 0 Å². The van der Waals surface area contributed by atoms with Crippen LogP contribution in [0, 0.1) is 0 Å². The first kappa shape index (κ1) is 16.0. The Kier molecular flexibility index (Phi) is 4.98. The largest absolute Gasteiger partial charge is 0.486 e. The van der Waals surface area contributed by atoms with E-state index in [9.17, 15) is 4.79 Å². The number of rotatable bonds is 4. The molecule has 0 saturated carbocycles. The highest BCUT2D eigenvalue weighted by Gasteiger charge is 2.17. The monoisotopic (exact) mass is 350 g/mol. The highest BCUT2D eigenvalue weighted by molar-refractivity contribution is 7.98. The van der Waals surface area contributed by atoms with Crippen LogP contribution in [0.2, 0.25) is 5.02 Å². The Balaban J connectivity index is 1.67. The quantitative estimate of drug-likeness (QED) is 0.611. The van der Waals surface area contributed by atoms with Gasteiger partial charge in [0, 0.05) is 4.90 Å². The number of carbonyl (C=O) groups excluding carboxylic acids is 1. The SMILES string of the molecule is CSc1ccc(C(=O)OCc2cc(Cl)c3c(c2)OCCO3)cc1. The van der Waals surface area contributed by atoms with Crippen molar-refractivity contribution in [3.05, 3.63) is 52.5 Å². The van der Waals surface area contributed by atoms with Gasteiger partial charge >= 0.3 is 5.97 Å². The van der Waals surface area contributed by atoms with Crippen LogP contribution in [0.1, 0.15) is 15.9 Å². The maximum absolute atomic E-state index is 12.1. The summed E-state index contributed by atoms with van der Waals surface area (Å²) >= 11 is 7.79. The van der Waals surface area contributed by atoms with Crippen LogP contribution in [0.15, 0.2) is 41.3 Å². The van der Waals surface area contributed by atoms with Gasteiger partial charge in [0.25, 0.3) is 0 Å². The summed E-state index contributed by atoms with van der Waals surface area (Å²) in [6.45, 7) is 1.08. The summed E-state index contributed by atoms with van der Waals surface area (Å²) in [5.41, 5.74) is 1.28. The molecule has 0 spiro atoms. The summed E-state index contributed by atoms with van der Waals surface area (Å²) < 4.78 is 16.3. The van der Waals surface area contributed by atoms with Gasteiger partial charge < -0.3 is 14.2 Å². The Morgan fingerprint density at radius 1 is 1.22 bits per heavy atom. The van der Waals surface area contributed by atoms with Crippen LogP contribution in [-0.4, -0.2) is 25.4 Å². The molecule has 0 aliphatic carbocycles. The van der Waals surface area contributed by atoms with E-state index in [-0.39, 0.29) is 12.6 Å². The van der Waals surface area contributed by atoms with E-state index in [0.29, 0.717) is 35.3 Å². The molecule has 0 bridgehead atoms. The van der Waals surface area contributed by atoms with Crippen LogP contribution in [0.5, 0.6) is 11.5 Å². The van der Waals surface area contributed by atoms with Crippen LogP contribution >= 0.6 is 23.4 Å². The van der Waals surface area contributed by atoms with Crippen LogP contribution in [-0.2, 0) is 11.3 Å². The molecule has 0 amide bonds. The summed E-state index contributed by atoms with van der Waals surface area (Å²) in [6.07, 6.45) is 1.99. The molecule has 0 N–H and O–H groups in total. The van der Waals surface area contributed by atoms with Crippen molar-refractivity contribution in [3.8, 4) is 11.5 Å². The molecule has 120 valence electrons. The van der Waals surface area contributed by atoms with E-state index in [1.807, 2.05) is 18.4 Å². The fourth-order valence-electron chi connectivity index (χ4n) is 2.21. The van der Waals surface area contributed by atoms with Gasteiger partial charge in [-0.25, -0.2) is 4.79 Å². The molecule has 1 aliphatic rings. The number of fused-ring (bicyclic) bond motifs is 1. The van der Waals surface area contributed by atoms with Crippen molar-refractivity contribution in [1.82, 2.24) is 0 Å². The zero-order valence-corrected chi connectivity index (χ0v) is 14.1. The molecule has 2 aromatic rings. The summed E-state index contributed by atoms with van der Waals surface area (Å²) in [7, 11) is 0. The van der Waals surface area contributed by atoms with Crippen molar-refractivity contribution in [1.29, 1.82) is 0 Å². The first-order valence-electron chi connectivity index (χ1n) is 7.06. The van der Waals surface area contributed by atoms with Gasteiger partial charge in [-0.1, -0.05) is 11.6 Å². The van der Waals surface area contributed by atoms with Gasteiger partial charge in [-0.05, 0) is 48.2 Å². The molecule has 1 aliphatic heterocycles. The fraction of sp³-hybridized carbons (Fsp3) is 0.235. The minimum Gasteiger partial charge on any atom is -0.486 e. The van der Waals surface area contributed by atoms with Crippen LogP contribution in [0.4, 0.5) is 0 Å². The van der Waals surface area contributed by atoms with Gasteiger partial charge in [-0.15, -0.1) is 11.8 Å². The first-order chi connectivity index (χ1) is 11.2. The van der Waals surface area contributed by atoms with E-state index < -0.39 is 0 Å². The molecule has 0 saturated heterocycles. The van der Waals surface area contributed by atoms with Gasteiger partial charge in [0.2, 0.25) is 0 Å². The molecule has 6 heteroatoms. The van der Waals surface area contributed by atoms with Crippen LogP contribution in [0.3, 0.4) is 0 Å². The number of benzene rings is 2. The smallest absolute Gasteiger partial charge is 0.338 e. The second kappa shape index (κ2) is 7.15. The number of hydrogen-bond donors (Lipinski definition) is 0. The standard InChI is InChI=1S/C17H15ClO4S/c1-23-13-4-2-12(3-5-13)17(19)22-10-11-8-14(18)16-15(9-11)20-6-7-21-16/h2-5,8-9H,6-7,10H2,1H3. The molecule has 23 heavy (non-hydrogen) atoms. The highest BCUT2D eigenvalue weighted by Crippen LogP contribution is 2.38. The van der Waals surface area contributed by atoms with Gasteiger partial charge in [0.05, 0.1) is 10.6 Å². The predicted octanol–water partition coefficient (Wildman–Crippen LogP) is 4.19. The Morgan fingerprint density at radius 3 is 2.70 bits per heavy atom. The minimum atomic E-state index is -0.372. The van der Waals surface area contributed by atoms with E-state index in [2.05, 4.69) is 0 Å². The molecule has 0 atom stereocenters. The molecule has 1 heterocycles. The zero-order valence-electron chi connectivity index (χ0n) is 12.5. The lowest BCUT2D eigenvalue weighted by molar-refractivity contribution is 0.0472. The Hall–Kier alpha value is -1.85. The number of thioether (sulfide) groups is 1. The number of hydrogen-bond acceptors (Lipinski definition) is 5. The summed E-state index contributed by atoms with van der Waals surface area (Å²) in [6, 6.07) is 10.8. The highest BCUT2D eigenvalue weighted by atomic mass is 35.5. The van der Waals surface area contributed by atoms with E-state index in [0.717, 1.165) is 10.5 Å². The van der Waals surface area contributed by atoms with Gasteiger partial charge in [0.1, 0.15) is 19.8 Å². The number of ether oxygens (including phenoxy) is 3. The summed E-state index contributed by atoms with van der Waals surface area (Å²) in [5, 5.41) is 0.456. The van der Waals surface area contributed by atoms with Crippen LogP contribution in [0.25, 0.3) is 0 Å². The second-order valence-electron chi connectivity index (χ2n) is 4.91. The lowest BCUT2D eigenvalue weighted by Crippen LogP contribution is -2.16. The third kappa shape index (κ3) is 3.74. The van der Waals surface area contributed by atoms with Gasteiger partial charge in [-0.3, -0.25) is 0 Å². The van der Waals surface area contributed by atoms with Crippen molar-refractivity contribution in [2.75, 3.05) is 19.5 Å². The summed E-state index contributed by atoms with van der Waals surface area (Å²) in [4.78, 5) is 13.2. The lowest BCUT2D eigenvalue weighted by atomic mass is 10.2. The van der Waals surface area contributed by atoms with Gasteiger partial charge in [0.15, 0.2) is 11.5 Å². The lowest BCUT2D eigenvalue weighted by Gasteiger charge is -2.20. The predicted molar refractivity (Wildman–Crippen MR) is 89.8 cm³/mol. The maximum atomic E-state index is 12.1. The molecular formula is C17H15ClO4S. The van der Waals surface area contributed by atoms with Crippen molar-refractivity contribution in [2.45, 2.75) is 11.5 Å². The average molecular weight is 351 g/mol.